The zero-order valence-electron chi connectivity index (χ0n) is 22.2. The average molecular weight is 561 g/mol. The Hall–Kier alpha value is -2.85. The Bertz CT molecular complexity index is 1350. The van der Waals surface area contributed by atoms with Gasteiger partial charge in [-0.25, -0.2) is 4.57 Å². The van der Waals surface area contributed by atoms with Crippen LogP contribution in [0.1, 0.15) is 81.0 Å². The van der Waals surface area contributed by atoms with E-state index in [4.69, 9.17) is 4.74 Å². The maximum absolute atomic E-state index is 11.1. The highest BCUT2D eigenvalue weighted by Gasteiger charge is 2.37. The monoisotopic (exact) mass is 559 g/mol. The molecular weight excluding hydrogens is 522 g/mol. The van der Waals surface area contributed by atoms with Crippen LogP contribution in [-0.4, -0.2) is 10.7 Å². The van der Waals surface area contributed by atoms with E-state index in [0.717, 1.165) is 37.1 Å². The lowest BCUT2D eigenvalue weighted by Crippen LogP contribution is -3.00. The molecule has 1 aromatic heterocycles. The van der Waals surface area contributed by atoms with Gasteiger partial charge < -0.3 is 26.8 Å². The van der Waals surface area contributed by atoms with Gasteiger partial charge in [0.2, 0.25) is 0 Å². The van der Waals surface area contributed by atoms with Crippen LogP contribution >= 0.6 is 0 Å². The van der Waals surface area contributed by atoms with Gasteiger partial charge in [0.15, 0.2) is 18.9 Å². The molecule has 0 bridgehead atoms. The first-order valence-corrected chi connectivity index (χ1v) is 13.4. The third kappa shape index (κ3) is 6.35. The molecule has 0 amide bonds. The number of nitrogens with zero attached hydrogens (tertiary/aromatic N) is 1. The second-order valence-electron chi connectivity index (χ2n) is 10.9. The highest BCUT2D eigenvalue weighted by atomic mass is 79.9. The molecule has 1 N–H and O–H groups in total. The lowest BCUT2D eigenvalue weighted by atomic mass is 9.79. The highest BCUT2D eigenvalue weighted by molar-refractivity contribution is 5.82. The molecule has 0 aliphatic carbocycles. The quantitative estimate of drug-likeness (QED) is 0.251. The fourth-order valence-corrected chi connectivity index (χ4v) is 5.57. The predicted octanol–water partition coefficient (Wildman–Crippen LogP) is 4.70. The van der Waals surface area contributed by atoms with Crippen molar-refractivity contribution in [3.63, 3.8) is 0 Å². The molecule has 2 heterocycles. The number of phenolic OH excluding ortho intramolecular Hbond substituents is 1. The van der Waals surface area contributed by atoms with Crippen LogP contribution in [0.25, 0.3) is 10.8 Å². The molecule has 4 heteroatoms. The zero-order valence-corrected chi connectivity index (χ0v) is 23.8. The predicted molar refractivity (Wildman–Crippen MR) is 147 cm³/mol. The maximum Gasteiger partial charge on any atom is 0.173 e. The second-order valence-corrected chi connectivity index (χ2v) is 10.9. The number of phenols is 1. The Morgan fingerprint density at radius 1 is 0.892 bits per heavy atom. The van der Waals surface area contributed by atoms with Crippen molar-refractivity contribution < 1.29 is 31.4 Å². The molecule has 3 nitrogen and oxygen atoms in total. The number of rotatable bonds is 8. The Morgan fingerprint density at radius 3 is 2.41 bits per heavy atom. The molecule has 1 aliphatic heterocycles. The van der Waals surface area contributed by atoms with Crippen LogP contribution in [0.15, 0.2) is 79.1 Å². The van der Waals surface area contributed by atoms with Gasteiger partial charge in [0, 0.05) is 29.2 Å². The van der Waals surface area contributed by atoms with Crippen LogP contribution in [-0.2, 0) is 13.0 Å². The first kappa shape index (κ1) is 27.2. The molecule has 4 aromatic rings. The number of pyridine rings is 1. The average Bonchev–Trinajstić information content (AvgIpc) is 2.86. The number of unbranched alkanes of at least 4 members (excludes halogenated alkanes) is 3. The first-order chi connectivity index (χ1) is 17.4. The van der Waals surface area contributed by atoms with E-state index < -0.39 is 0 Å². The summed E-state index contributed by atoms with van der Waals surface area (Å²) >= 11 is 0. The summed E-state index contributed by atoms with van der Waals surface area (Å²) < 4.78 is 8.61. The summed E-state index contributed by atoms with van der Waals surface area (Å²) in [4.78, 5) is 0. The summed E-state index contributed by atoms with van der Waals surface area (Å²) in [6, 6.07) is 23.7. The molecule has 0 fully saturated rings. The number of benzene rings is 3. The molecule has 0 saturated heterocycles. The van der Waals surface area contributed by atoms with Crippen LogP contribution in [0.2, 0.25) is 0 Å². The Morgan fingerprint density at radius 2 is 1.65 bits per heavy atom. The summed E-state index contributed by atoms with van der Waals surface area (Å²) in [6.45, 7) is 7.36. The Kier molecular flexibility index (Phi) is 8.59. The zero-order chi connectivity index (χ0) is 25.1. The van der Waals surface area contributed by atoms with Crippen molar-refractivity contribution in [1.82, 2.24) is 0 Å². The van der Waals surface area contributed by atoms with Crippen LogP contribution in [0.3, 0.4) is 0 Å². The third-order valence-electron chi connectivity index (χ3n) is 7.43. The summed E-state index contributed by atoms with van der Waals surface area (Å²) in [7, 11) is 0. The largest absolute Gasteiger partial charge is 1.00 e. The fraction of sp³-hybridized carbons (Fsp3) is 0.364. The van der Waals surface area contributed by atoms with Crippen molar-refractivity contribution in [2.75, 3.05) is 0 Å². The number of hydrogen-bond acceptors (Lipinski definition) is 2. The van der Waals surface area contributed by atoms with E-state index in [9.17, 15) is 5.11 Å². The molecule has 37 heavy (non-hydrogen) atoms. The normalized spacial score (nSPS) is 16.0. The van der Waals surface area contributed by atoms with Crippen LogP contribution in [0.5, 0.6) is 11.5 Å². The number of aromatic hydroxyl groups is 1. The van der Waals surface area contributed by atoms with Crippen molar-refractivity contribution in [3.05, 3.63) is 101 Å². The van der Waals surface area contributed by atoms with Gasteiger partial charge in [-0.15, -0.1) is 0 Å². The standard InChI is InChI=1S/C33H37NO2.BrH/c1-4-5-6-7-10-24-20-30(35)32-29(22-33(2,3)36-31(32)21-24)27-15-17-34(18-16-27)23-25-13-14-26-11-8-9-12-28(26)19-25;/h8-9,11-21,29H,4-7,10,22-23H2,1-3H3;1H. The van der Waals surface area contributed by atoms with Crippen LogP contribution in [0.4, 0.5) is 0 Å². The van der Waals surface area contributed by atoms with E-state index in [2.05, 4.69) is 98.4 Å². The topological polar surface area (TPSA) is 33.3 Å². The third-order valence-corrected chi connectivity index (χ3v) is 7.43. The van der Waals surface area contributed by atoms with E-state index in [0.29, 0.717) is 5.75 Å². The lowest BCUT2D eigenvalue weighted by molar-refractivity contribution is -0.688. The van der Waals surface area contributed by atoms with Gasteiger partial charge in [-0.05, 0) is 73.2 Å². The van der Waals surface area contributed by atoms with Gasteiger partial charge in [0.05, 0.1) is 0 Å². The Balaban J connectivity index is 0.00000320. The van der Waals surface area contributed by atoms with E-state index in [1.54, 1.807) is 0 Å². The number of hydrogen-bond donors (Lipinski definition) is 1. The van der Waals surface area contributed by atoms with Crippen molar-refractivity contribution in [1.29, 1.82) is 0 Å². The number of ether oxygens (including phenoxy) is 1. The molecule has 5 rings (SSSR count). The summed E-state index contributed by atoms with van der Waals surface area (Å²) in [5.74, 6) is 1.31. The van der Waals surface area contributed by atoms with Gasteiger partial charge in [0.1, 0.15) is 17.1 Å². The maximum atomic E-state index is 11.1. The second kappa shape index (κ2) is 11.7. The van der Waals surface area contributed by atoms with Crippen LogP contribution in [0, 0.1) is 0 Å². The van der Waals surface area contributed by atoms with Crippen LogP contribution < -0.4 is 26.3 Å². The molecule has 194 valence electrons. The number of halogens is 1. The molecule has 3 aromatic carbocycles. The molecular formula is C33H38BrNO2. The molecule has 1 unspecified atom stereocenters. The number of aromatic nitrogens is 1. The minimum atomic E-state index is -0.290. The minimum Gasteiger partial charge on any atom is -1.00 e. The SMILES string of the molecule is CCCCCCc1cc(O)c2c(c1)OC(C)(C)CC2c1cc[n+](Cc2ccc3ccccc3c2)cc1.[Br-]. The van der Waals surface area contributed by atoms with Crippen molar-refractivity contribution >= 4 is 10.8 Å². The summed E-state index contributed by atoms with van der Waals surface area (Å²) in [5.41, 5.74) is 4.31. The highest BCUT2D eigenvalue weighted by Crippen LogP contribution is 2.48. The first-order valence-electron chi connectivity index (χ1n) is 13.4. The fourth-order valence-electron chi connectivity index (χ4n) is 5.57. The lowest BCUT2D eigenvalue weighted by Gasteiger charge is -2.38. The molecule has 1 atom stereocenters. The van der Waals surface area contributed by atoms with Crippen molar-refractivity contribution in [3.8, 4) is 11.5 Å². The number of fused-ring (bicyclic) bond motifs is 2. The van der Waals surface area contributed by atoms with Gasteiger partial charge in [0.25, 0.3) is 0 Å². The summed E-state index contributed by atoms with van der Waals surface area (Å²) in [6.07, 6.45) is 11.0. The van der Waals surface area contributed by atoms with E-state index in [1.165, 1.54) is 46.7 Å². The van der Waals surface area contributed by atoms with Gasteiger partial charge in [-0.3, -0.25) is 0 Å². The van der Waals surface area contributed by atoms with Gasteiger partial charge in [-0.2, -0.15) is 0 Å². The minimum absolute atomic E-state index is 0. The van der Waals surface area contributed by atoms with E-state index >= 15 is 0 Å². The number of aryl methyl sites for hydroxylation is 1. The van der Waals surface area contributed by atoms with Crippen molar-refractivity contribution in [2.45, 2.75) is 77.4 Å². The van der Waals surface area contributed by atoms with Gasteiger partial charge in [-0.1, -0.05) is 62.6 Å². The van der Waals surface area contributed by atoms with Gasteiger partial charge >= 0.3 is 0 Å². The van der Waals surface area contributed by atoms with E-state index in [1.807, 2.05) is 6.07 Å². The smallest absolute Gasteiger partial charge is 0.173 e. The molecule has 1 aliphatic rings. The van der Waals surface area contributed by atoms with E-state index in [-0.39, 0.29) is 28.5 Å². The molecule has 0 saturated carbocycles. The van der Waals surface area contributed by atoms with Crippen molar-refractivity contribution in [2.24, 2.45) is 0 Å². The Labute approximate surface area is 231 Å². The molecule has 0 spiro atoms. The summed E-state index contributed by atoms with van der Waals surface area (Å²) in [5, 5.41) is 13.6. The molecule has 0 radical (unpaired) electrons.